The molecule has 1 atom stereocenters. The van der Waals surface area contributed by atoms with Crippen molar-refractivity contribution in [3.05, 3.63) is 47.5 Å². The van der Waals surface area contributed by atoms with Crippen molar-refractivity contribution in [2.24, 2.45) is 0 Å². The SMILES string of the molecule is CCn1ncc2c1CCC[C@@H]2NCc1ccccn1. The van der Waals surface area contributed by atoms with Crippen LogP contribution >= 0.6 is 0 Å². The molecule has 19 heavy (non-hydrogen) atoms. The minimum atomic E-state index is 0.422. The van der Waals surface area contributed by atoms with Crippen molar-refractivity contribution >= 4 is 0 Å². The predicted molar refractivity (Wildman–Crippen MR) is 74.7 cm³/mol. The van der Waals surface area contributed by atoms with Gasteiger partial charge in [0, 0.05) is 36.6 Å². The summed E-state index contributed by atoms with van der Waals surface area (Å²) in [6.07, 6.45) is 7.46. The molecule has 2 heterocycles. The van der Waals surface area contributed by atoms with Crippen molar-refractivity contribution in [1.29, 1.82) is 0 Å². The van der Waals surface area contributed by atoms with Gasteiger partial charge in [-0.3, -0.25) is 9.67 Å². The Morgan fingerprint density at radius 1 is 1.42 bits per heavy atom. The number of pyridine rings is 1. The summed E-state index contributed by atoms with van der Waals surface area (Å²) in [7, 11) is 0. The molecular formula is C15H20N4. The summed E-state index contributed by atoms with van der Waals surface area (Å²) in [5, 5.41) is 8.10. The molecule has 1 aliphatic rings. The van der Waals surface area contributed by atoms with Gasteiger partial charge in [0.2, 0.25) is 0 Å². The first-order valence-electron chi connectivity index (χ1n) is 7.06. The molecule has 1 aliphatic carbocycles. The van der Waals surface area contributed by atoms with E-state index in [4.69, 9.17) is 0 Å². The lowest BCUT2D eigenvalue weighted by atomic mass is 9.93. The van der Waals surface area contributed by atoms with Gasteiger partial charge in [-0.1, -0.05) is 6.07 Å². The lowest BCUT2D eigenvalue weighted by Crippen LogP contribution is -2.25. The average molecular weight is 256 g/mol. The molecule has 4 heteroatoms. The van der Waals surface area contributed by atoms with Crippen LogP contribution in [0, 0.1) is 0 Å². The monoisotopic (exact) mass is 256 g/mol. The molecule has 0 fully saturated rings. The lowest BCUT2D eigenvalue weighted by molar-refractivity contribution is 0.445. The van der Waals surface area contributed by atoms with Gasteiger partial charge in [-0.05, 0) is 38.3 Å². The van der Waals surface area contributed by atoms with Crippen LogP contribution in [0.15, 0.2) is 30.6 Å². The van der Waals surface area contributed by atoms with Crippen LogP contribution in [0.3, 0.4) is 0 Å². The molecule has 3 rings (SSSR count). The van der Waals surface area contributed by atoms with E-state index in [9.17, 15) is 0 Å². The van der Waals surface area contributed by atoms with Gasteiger partial charge in [0.05, 0.1) is 11.9 Å². The fourth-order valence-corrected chi connectivity index (χ4v) is 2.83. The summed E-state index contributed by atoms with van der Waals surface area (Å²) in [5.74, 6) is 0. The van der Waals surface area contributed by atoms with Crippen LogP contribution in [0.4, 0.5) is 0 Å². The van der Waals surface area contributed by atoms with Crippen molar-refractivity contribution in [1.82, 2.24) is 20.1 Å². The number of aryl methyl sites for hydroxylation is 1. The Labute approximate surface area is 113 Å². The third kappa shape index (κ3) is 2.54. The first-order valence-corrected chi connectivity index (χ1v) is 7.06. The number of nitrogens with one attached hydrogen (secondary N) is 1. The van der Waals surface area contributed by atoms with Crippen LogP contribution in [-0.4, -0.2) is 14.8 Å². The van der Waals surface area contributed by atoms with Crippen molar-refractivity contribution < 1.29 is 0 Å². The summed E-state index contributed by atoms with van der Waals surface area (Å²) in [6, 6.07) is 6.47. The first-order chi connectivity index (χ1) is 9.38. The van der Waals surface area contributed by atoms with Gasteiger partial charge >= 0.3 is 0 Å². The first kappa shape index (κ1) is 12.4. The van der Waals surface area contributed by atoms with Gasteiger partial charge < -0.3 is 5.32 Å². The lowest BCUT2D eigenvalue weighted by Gasteiger charge is -2.24. The number of rotatable bonds is 4. The number of hydrogen-bond donors (Lipinski definition) is 1. The van der Waals surface area contributed by atoms with Gasteiger partial charge in [0.1, 0.15) is 0 Å². The smallest absolute Gasteiger partial charge is 0.0541 e. The Balaban J connectivity index is 1.72. The second-order valence-electron chi connectivity index (χ2n) is 5.01. The zero-order valence-corrected chi connectivity index (χ0v) is 11.3. The molecule has 0 amide bonds. The molecule has 0 aliphatic heterocycles. The maximum atomic E-state index is 4.48. The highest BCUT2D eigenvalue weighted by Gasteiger charge is 2.23. The Morgan fingerprint density at radius 2 is 2.37 bits per heavy atom. The molecule has 0 aromatic carbocycles. The third-order valence-electron chi connectivity index (χ3n) is 3.82. The van der Waals surface area contributed by atoms with Gasteiger partial charge in [-0.15, -0.1) is 0 Å². The summed E-state index contributed by atoms with van der Waals surface area (Å²) in [4.78, 5) is 4.36. The van der Waals surface area contributed by atoms with E-state index in [-0.39, 0.29) is 0 Å². The normalized spacial score (nSPS) is 18.3. The quantitative estimate of drug-likeness (QED) is 0.913. The minimum absolute atomic E-state index is 0.422. The van der Waals surface area contributed by atoms with Crippen molar-refractivity contribution in [2.75, 3.05) is 0 Å². The van der Waals surface area contributed by atoms with Gasteiger partial charge in [0.15, 0.2) is 0 Å². The minimum Gasteiger partial charge on any atom is -0.304 e. The van der Waals surface area contributed by atoms with E-state index in [2.05, 4.69) is 33.1 Å². The second-order valence-corrected chi connectivity index (χ2v) is 5.01. The Bertz CT molecular complexity index is 532. The number of nitrogens with zero attached hydrogens (tertiary/aromatic N) is 3. The van der Waals surface area contributed by atoms with Crippen LogP contribution < -0.4 is 5.32 Å². The fraction of sp³-hybridized carbons (Fsp3) is 0.467. The van der Waals surface area contributed by atoms with Gasteiger partial charge in [0.25, 0.3) is 0 Å². The highest BCUT2D eigenvalue weighted by molar-refractivity contribution is 5.25. The van der Waals surface area contributed by atoms with Gasteiger partial charge in [-0.2, -0.15) is 5.10 Å². The maximum Gasteiger partial charge on any atom is 0.0541 e. The van der Waals surface area contributed by atoms with Crippen LogP contribution in [0.1, 0.15) is 42.8 Å². The van der Waals surface area contributed by atoms with Crippen LogP contribution in [0.5, 0.6) is 0 Å². The molecule has 0 bridgehead atoms. The molecule has 2 aromatic heterocycles. The van der Waals surface area contributed by atoms with Crippen molar-refractivity contribution in [3.8, 4) is 0 Å². The standard InChI is InChI=1S/C15H20N4/c1-2-19-15-8-5-7-14(13(15)11-18-19)17-10-12-6-3-4-9-16-12/h3-4,6,9,11,14,17H,2,5,7-8,10H2,1H3/t14-/m0/s1. The highest BCUT2D eigenvalue weighted by Crippen LogP contribution is 2.29. The summed E-state index contributed by atoms with van der Waals surface area (Å²) >= 11 is 0. The molecule has 0 spiro atoms. The summed E-state index contributed by atoms with van der Waals surface area (Å²) < 4.78 is 2.13. The second kappa shape index (κ2) is 5.53. The molecule has 2 aromatic rings. The molecule has 0 unspecified atom stereocenters. The van der Waals surface area contributed by atoms with Crippen LogP contribution in [0.25, 0.3) is 0 Å². The summed E-state index contributed by atoms with van der Waals surface area (Å²) in [6.45, 7) is 3.93. The molecule has 100 valence electrons. The molecular weight excluding hydrogens is 236 g/mol. The van der Waals surface area contributed by atoms with Gasteiger partial charge in [-0.25, -0.2) is 0 Å². The Hall–Kier alpha value is -1.68. The van der Waals surface area contributed by atoms with E-state index in [1.807, 2.05) is 24.5 Å². The zero-order chi connectivity index (χ0) is 13.1. The Morgan fingerprint density at radius 3 is 3.16 bits per heavy atom. The van der Waals surface area contributed by atoms with Crippen molar-refractivity contribution in [2.45, 2.75) is 45.3 Å². The van der Waals surface area contributed by atoms with E-state index in [0.717, 1.165) is 25.2 Å². The highest BCUT2D eigenvalue weighted by atomic mass is 15.3. The number of fused-ring (bicyclic) bond motifs is 1. The van der Waals surface area contributed by atoms with Crippen LogP contribution in [0.2, 0.25) is 0 Å². The third-order valence-corrected chi connectivity index (χ3v) is 3.82. The van der Waals surface area contributed by atoms with Crippen molar-refractivity contribution in [3.63, 3.8) is 0 Å². The largest absolute Gasteiger partial charge is 0.304 e. The van der Waals surface area contributed by atoms with E-state index in [1.165, 1.54) is 24.1 Å². The predicted octanol–water partition coefficient (Wildman–Crippen LogP) is 2.47. The van der Waals surface area contributed by atoms with E-state index < -0.39 is 0 Å². The van der Waals surface area contributed by atoms with E-state index in [1.54, 1.807) is 0 Å². The fourth-order valence-electron chi connectivity index (χ4n) is 2.83. The zero-order valence-electron chi connectivity index (χ0n) is 11.3. The topological polar surface area (TPSA) is 42.7 Å². The van der Waals surface area contributed by atoms with E-state index in [0.29, 0.717) is 6.04 Å². The molecule has 0 radical (unpaired) electrons. The number of aromatic nitrogens is 3. The molecule has 4 nitrogen and oxygen atoms in total. The molecule has 1 N–H and O–H groups in total. The summed E-state index contributed by atoms with van der Waals surface area (Å²) in [5.41, 5.74) is 3.88. The Kier molecular flexibility index (Phi) is 3.60. The molecule has 0 saturated heterocycles. The maximum absolute atomic E-state index is 4.48. The average Bonchev–Trinajstić information content (AvgIpc) is 2.90. The number of hydrogen-bond acceptors (Lipinski definition) is 3. The van der Waals surface area contributed by atoms with E-state index >= 15 is 0 Å². The van der Waals surface area contributed by atoms with Crippen LogP contribution in [-0.2, 0) is 19.5 Å². The molecule has 0 saturated carbocycles.